The Balaban J connectivity index is 3.20. The van der Waals surface area contributed by atoms with E-state index >= 15 is 0 Å². The van der Waals surface area contributed by atoms with Gasteiger partial charge in [0.15, 0.2) is 0 Å². The zero-order valence-electron chi connectivity index (χ0n) is 7.92. The van der Waals surface area contributed by atoms with Crippen LogP contribution in [0.2, 0.25) is 0 Å². The average Bonchev–Trinajstić information content (AvgIpc) is 2.12. The summed E-state index contributed by atoms with van der Waals surface area (Å²) in [6, 6.07) is 3.11. The largest absolute Gasteiger partial charge is 0.508 e. The smallest absolute Gasteiger partial charge is 0.337 e. The fourth-order valence-corrected chi connectivity index (χ4v) is 1.08. The molecule has 70 valence electrons. The molecule has 0 aliphatic rings. The first-order valence-corrected chi connectivity index (χ1v) is 3.94. The lowest BCUT2D eigenvalue weighted by molar-refractivity contribution is 0.0600. The number of esters is 1. The Morgan fingerprint density at radius 1 is 1.38 bits per heavy atom. The number of methoxy groups -OCH3 is 1. The van der Waals surface area contributed by atoms with E-state index in [0.717, 1.165) is 11.1 Å². The number of benzene rings is 1. The van der Waals surface area contributed by atoms with Gasteiger partial charge in [0.2, 0.25) is 0 Å². The lowest BCUT2D eigenvalue weighted by atomic mass is 10.1. The van der Waals surface area contributed by atoms with Crippen molar-refractivity contribution in [2.24, 2.45) is 0 Å². The monoisotopic (exact) mass is 180 g/mol. The Bertz CT molecular complexity index is 319. The van der Waals surface area contributed by atoms with Crippen molar-refractivity contribution >= 4 is 5.97 Å². The predicted molar refractivity (Wildman–Crippen MR) is 48.9 cm³/mol. The number of ether oxygens (including phenoxy) is 1. The summed E-state index contributed by atoms with van der Waals surface area (Å²) < 4.78 is 4.54. The van der Waals surface area contributed by atoms with E-state index < -0.39 is 5.97 Å². The second-order valence-corrected chi connectivity index (χ2v) is 2.93. The van der Waals surface area contributed by atoms with Gasteiger partial charge in [-0.2, -0.15) is 0 Å². The van der Waals surface area contributed by atoms with E-state index in [2.05, 4.69) is 4.74 Å². The maximum atomic E-state index is 11.1. The van der Waals surface area contributed by atoms with E-state index in [1.165, 1.54) is 13.2 Å². The first-order chi connectivity index (χ1) is 6.06. The number of phenols is 1. The normalized spacial score (nSPS) is 9.77. The van der Waals surface area contributed by atoms with Crippen molar-refractivity contribution in [2.45, 2.75) is 13.8 Å². The molecule has 0 aliphatic carbocycles. The van der Waals surface area contributed by atoms with Crippen LogP contribution in [0.3, 0.4) is 0 Å². The number of phenolic OH excluding ortho intramolecular Hbond substituents is 1. The predicted octanol–water partition coefficient (Wildman–Crippen LogP) is 1.80. The topological polar surface area (TPSA) is 46.5 Å². The second kappa shape index (κ2) is 3.47. The Morgan fingerprint density at radius 3 is 2.46 bits per heavy atom. The average molecular weight is 180 g/mol. The molecule has 1 aromatic rings. The molecule has 0 spiro atoms. The molecule has 0 fully saturated rings. The van der Waals surface area contributed by atoms with E-state index in [0.29, 0.717) is 5.56 Å². The fourth-order valence-electron chi connectivity index (χ4n) is 1.08. The Labute approximate surface area is 77.0 Å². The van der Waals surface area contributed by atoms with Gasteiger partial charge in [-0.1, -0.05) is 0 Å². The number of carbonyl (C=O) groups excluding carboxylic acids is 1. The van der Waals surface area contributed by atoms with Crippen molar-refractivity contribution < 1.29 is 14.6 Å². The molecular formula is C10H12O3. The highest BCUT2D eigenvalue weighted by molar-refractivity contribution is 5.90. The van der Waals surface area contributed by atoms with Crippen molar-refractivity contribution in [1.29, 1.82) is 0 Å². The van der Waals surface area contributed by atoms with Gasteiger partial charge in [0.05, 0.1) is 12.7 Å². The summed E-state index contributed by atoms with van der Waals surface area (Å²) in [6.45, 7) is 3.63. The van der Waals surface area contributed by atoms with Gasteiger partial charge >= 0.3 is 5.97 Å². The fraction of sp³-hybridized carbons (Fsp3) is 0.300. The molecule has 0 aromatic heterocycles. The van der Waals surface area contributed by atoms with Crippen molar-refractivity contribution in [3.05, 3.63) is 28.8 Å². The van der Waals surface area contributed by atoms with Crippen LogP contribution < -0.4 is 0 Å². The minimum Gasteiger partial charge on any atom is -0.508 e. The van der Waals surface area contributed by atoms with Crippen LogP contribution in [0.15, 0.2) is 12.1 Å². The summed E-state index contributed by atoms with van der Waals surface area (Å²) in [5.41, 5.74) is 2.04. The van der Waals surface area contributed by atoms with Crippen molar-refractivity contribution in [1.82, 2.24) is 0 Å². The van der Waals surface area contributed by atoms with Crippen LogP contribution in [-0.4, -0.2) is 18.2 Å². The molecule has 13 heavy (non-hydrogen) atoms. The van der Waals surface area contributed by atoms with Gasteiger partial charge in [0, 0.05) is 0 Å². The number of rotatable bonds is 1. The van der Waals surface area contributed by atoms with Crippen LogP contribution in [0.25, 0.3) is 0 Å². The van der Waals surface area contributed by atoms with Gasteiger partial charge in [-0.3, -0.25) is 0 Å². The number of carbonyl (C=O) groups is 1. The van der Waals surface area contributed by atoms with Crippen molar-refractivity contribution in [2.75, 3.05) is 7.11 Å². The molecule has 1 aromatic carbocycles. The van der Waals surface area contributed by atoms with E-state index in [1.54, 1.807) is 13.0 Å². The lowest BCUT2D eigenvalue weighted by Gasteiger charge is -2.05. The number of aromatic hydroxyl groups is 1. The van der Waals surface area contributed by atoms with E-state index in [1.807, 2.05) is 6.92 Å². The Hall–Kier alpha value is -1.51. The number of hydrogen-bond donors (Lipinski definition) is 1. The molecule has 0 heterocycles. The van der Waals surface area contributed by atoms with Crippen LogP contribution in [0.5, 0.6) is 5.75 Å². The summed E-state index contributed by atoms with van der Waals surface area (Å²) in [7, 11) is 1.31. The van der Waals surface area contributed by atoms with Crippen molar-refractivity contribution in [3.8, 4) is 5.75 Å². The molecule has 1 N–H and O–H groups in total. The summed E-state index contributed by atoms with van der Waals surface area (Å²) in [5, 5.41) is 9.42. The molecule has 0 saturated heterocycles. The summed E-state index contributed by atoms with van der Waals surface area (Å²) in [6.07, 6.45) is 0. The zero-order valence-corrected chi connectivity index (χ0v) is 7.92. The molecule has 0 bridgehead atoms. The van der Waals surface area contributed by atoms with E-state index in [-0.39, 0.29) is 5.75 Å². The molecule has 0 aliphatic heterocycles. The highest BCUT2D eigenvalue weighted by atomic mass is 16.5. The van der Waals surface area contributed by atoms with Gasteiger partial charge in [-0.05, 0) is 37.1 Å². The van der Waals surface area contributed by atoms with Gasteiger partial charge in [-0.15, -0.1) is 0 Å². The molecule has 0 radical (unpaired) electrons. The van der Waals surface area contributed by atoms with E-state index in [9.17, 15) is 9.90 Å². The first-order valence-electron chi connectivity index (χ1n) is 3.94. The number of hydrogen-bond acceptors (Lipinski definition) is 3. The molecule has 0 saturated carbocycles. The standard InChI is InChI=1S/C10H12O3/c1-6-4-8(10(12)13-3)5-9(11)7(6)2/h4-5,11H,1-3H3. The second-order valence-electron chi connectivity index (χ2n) is 2.93. The summed E-state index contributed by atoms with van der Waals surface area (Å²) >= 11 is 0. The molecule has 1 rings (SSSR count). The highest BCUT2D eigenvalue weighted by Gasteiger charge is 2.09. The van der Waals surface area contributed by atoms with Crippen LogP contribution in [0.1, 0.15) is 21.5 Å². The van der Waals surface area contributed by atoms with Gasteiger partial charge in [0.1, 0.15) is 5.75 Å². The first kappa shape index (κ1) is 9.58. The molecule has 3 nitrogen and oxygen atoms in total. The van der Waals surface area contributed by atoms with Gasteiger partial charge < -0.3 is 9.84 Å². The highest BCUT2D eigenvalue weighted by Crippen LogP contribution is 2.22. The summed E-state index contributed by atoms with van der Waals surface area (Å²) in [4.78, 5) is 11.1. The Morgan fingerprint density at radius 2 is 2.00 bits per heavy atom. The zero-order chi connectivity index (χ0) is 10.0. The third-order valence-electron chi connectivity index (χ3n) is 2.06. The van der Waals surface area contributed by atoms with Gasteiger partial charge in [-0.25, -0.2) is 4.79 Å². The molecule has 0 unspecified atom stereocenters. The van der Waals surface area contributed by atoms with Crippen LogP contribution in [0, 0.1) is 13.8 Å². The maximum absolute atomic E-state index is 11.1. The minimum absolute atomic E-state index is 0.125. The third kappa shape index (κ3) is 1.80. The van der Waals surface area contributed by atoms with Crippen molar-refractivity contribution in [3.63, 3.8) is 0 Å². The molecule has 0 atom stereocenters. The Kier molecular flexibility index (Phi) is 2.56. The third-order valence-corrected chi connectivity index (χ3v) is 2.06. The maximum Gasteiger partial charge on any atom is 0.337 e. The summed E-state index contributed by atoms with van der Waals surface area (Å²) in [5.74, 6) is -0.307. The van der Waals surface area contributed by atoms with Gasteiger partial charge in [0.25, 0.3) is 0 Å². The van der Waals surface area contributed by atoms with Crippen LogP contribution in [0.4, 0.5) is 0 Å². The molecule has 0 amide bonds. The quantitative estimate of drug-likeness (QED) is 0.670. The number of aryl methyl sites for hydroxylation is 1. The van der Waals surface area contributed by atoms with E-state index in [4.69, 9.17) is 0 Å². The SMILES string of the molecule is COC(=O)c1cc(C)c(C)c(O)c1. The lowest BCUT2D eigenvalue weighted by Crippen LogP contribution is -2.01. The molecule has 3 heteroatoms. The minimum atomic E-state index is -0.432. The van der Waals surface area contributed by atoms with Crippen LogP contribution >= 0.6 is 0 Å². The van der Waals surface area contributed by atoms with Crippen LogP contribution in [-0.2, 0) is 4.74 Å². The molecular weight excluding hydrogens is 168 g/mol.